The molecule has 2 N–H and O–H groups in total. The van der Waals surface area contributed by atoms with E-state index in [1.807, 2.05) is 35.0 Å². The molecule has 1 aromatic carbocycles. The lowest BCUT2D eigenvalue weighted by atomic mass is 10.2. The highest BCUT2D eigenvalue weighted by Gasteiger charge is 2.15. The Morgan fingerprint density at radius 1 is 1.26 bits per heavy atom. The minimum absolute atomic E-state index is 0.124. The van der Waals surface area contributed by atoms with Crippen molar-refractivity contribution < 1.29 is 13.9 Å². The van der Waals surface area contributed by atoms with Crippen molar-refractivity contribution in [1.82, 2.24) is 14.9 Å². The molecule has 0 aliphatic rings. The molecule has 1 aromatic heterocycles. The van der Waals surface area contributed by atoms with E-state index in [1.54, 1.807) is 12.5 Å². The summed E-state index contributed by atoms with van der Waals surface area (Å²) in [5.41, 5.74) is 1.94. The first-order valence-electron chi connectivity index (χ1n) is 5.91. The summed E-state index contributed by atoms with van der Waals surface area (Å²) < 4.78 is 26.0. The van der Waals surface area contributed by atoms with Crippen molar-refractivity contribution in [2.24, 2.45) is 0 Å². The lowest BCUT2D eigenvalue weighted by Crippen LogP contribution is -2.31. The molecule has 1 heterocycles. The smallest absolute Gasteiger partial charge is 0.265 e. The Kier molecular flexibility index (Phi) is 4.59. The number of halogens is 2. The molecule has 2 aromatic rings. The number of benzene rings is 1. The van der Waals surface area contributed by atoms with Crippen LogP contribution in [-0.2, 0) is 6.54 Å². The van der Waals surface area contributed by atoms with E-state index in [0.717, 1.165) is 11.3 Å². The van der Waals surface area contributed by atoms with Gasteiger partial charge in [0.05, 0.1) is 6.33 Å². The molecular formula is C13H15F2N3O. The summed E-state index contributed by atoms with van der Waals surface area (Å²) in [4.78, 5) is 3.96. The van der Waals surface area contributed by atoms with Gasteiger partial charge in [-0.2, -0.15) is 0 Å². The first-order valence-corrected chi connectivity index (χ1v) is 5.91. The van der Waals surface area contributed by atoms with E-state index in [2.05, 4.69) is 10.3 Å². The number of hydrogen-bond donors (Lipinski definition) is 2. The lowest BCUT2D eigenvalue weighted by Gasteiger charge is -2.11. The largest absolute Gasteiger partial charge is 0.386 e. The Hall–Kier alpha value is -1.79. The molecule has 4 nitrogen and oxygen atoms in total. The zero-order chi connectivity index (χ0) is 13.7. The summed E-state index contributed by atoms with van der Waals surface area (Å²) in [5, 5.41) is 11.7. The monoisotopic (exact) mass is 267 g/mol. The van der Waals surface area contributed by atoms with Crippen LogP contribution in [-0.4, -0.2) is 33.7 Å². The fraction of sp³-hybridized carbons (Fsp3) is 0.308. The molecule has 19 heavy (non-hydrogen) atoms. The number of imidazole rings is 1. The Labute approximate surface area is 109 Å². The number of aliphatic hydroxyl groups excluding tert-OH is 1. The van der Waals surface area contributed by atoms with Crippen LogP contribution in [0.4, 0.5) is 8.78 Å². The van der Waals surface area contributed by atoms with Crippen LogP contribution in [0.5, 0.6) is 0 Å². The maximum atomic E-state index is 12.1. The maximum Gasteiger partial charge on any atom is 0.265 e. The molecule has 0 saturated heterocycles. The van der Waals surface area contributed by atoms with Crippen LogP contribution < -0.4 is 5.32 Å². The van der Waals surface area contributed by atoms with Crippen molar-refractivity contribution >= 4 is 0 Å². The fourth-order valence-corrected chi connectivity index (χ4v) is 1.65. The average Bonchev–Trinajstić information content (AvgIpc) is 2.93. The number of aromatic nitrogens is 2. The third kappa shape index (κ3) is 3.84. The molecule has 0 fully saturated rings. The molecule has 1 atom stereocenters. The first-order chi connectivity index (χ1) is 9.16. The van der Waals surface area contributed by atoms with Gasteiger partial charge in [-0.25, -0.2) is 13.8 Å². The summed E-state index contributed by atoms with van der Waals surface area (Å²) >= 11 is 0. The van der Waals surface area contributed by atoms with Gasteiger partial charge < -0.3 is 15.0 Å². The maximum absolute atomic E-state index is 12.1. The minimum Gasteiger partial charge on any atom is -0.386 e. The molecule has 0 saturated carbocycles. The van der Waals surface area contributed by atoms with E-state index in [9.17, 15) is 8.78 Å². The lowest BCUT2D eigenvalue weighted by molar-refractivity contribution is -0.00340. The highest BCUT2D eigenvalue weighted by Crippen LogP contribution is 2.09. The minimum atomic E-state index is -2.71. The van der Waals surface area contributed by atoms with Crippen molar-refractivity contribution in [1.29, 1.82) is 0 Å². The van der Waals surface area contributed by atoms with Crippen LogP contribution in [0.3, 0.4) is 0 Å². The van der Waals surface area contributed by atoms with Crippen molar-refractivity contribution in [2.45, 2.75) is 19.1 Å². The van der Waals surface area contributed by atoms with Crippen LogP contribution in [0.15, 0.2) is 43.0 Å². The SMILES string of the molecule is OC(CNCc1ccc(-n2ccnc2)cc1)C(F)F. The number of rotatable bonds is 6. The van der Waals surface area contributed by atoms with Crippen LogP contribution in [0, 0.1) is 0 Å². The molecule has 0 radical (unpaired) electrons. The summed E-state index contributed by atoms with van der Waals surface area (Å²) in [6.45, 7) is 0.314. The van der Waals surface area contributed by atoms with Crippen molar-refractivity contribution in [3.63, 3.8) is 0 Å². The Morgan fingerprint density at radius 2 is 2.00 bits per heavy atom. The second-order valence-electron chi connectivity index (χ2n) is 4.17. The quantitative estimate of drug-likeness (QED) is 0.835. The predicted octanol–water partition coefficient (Wildman–Crippen LogP) is 1.59. The first kappa shape index (κ1) is 13.6. The van der Waals surface area contributed by atoms with Gasteiger partial charge in [-0.15, -0.1) is 0 Å². The third-order valence-electron chi connectivity index (χ3n) is 2.71. The second kappa shape index (κ2) is 6.40. The normalized spacial score (nSPS) is 12.8. The van der Waals surface area contributed by atoms with Crippen LogP contribution >= 0.6 is 0 Å². The van der Waals surface area contributed by atoms with Crippen LogP contribution in [0.2, 0.25) is 0 Å². The van der Waals surface area contributed by atoms with Crippen molar-refractivity contribution in [2.75, 3.05) is 6.54 Å². The van der Waals surface area contributed by atoms with Gasteiger partial charge in [0.1, 0.15) is 6.10 Å². The van der Waals surface area contributed by atoms with Gasteiger partial charge in [-0.05, 0) is 17.7 Å². The molecule has 0 bridgehead atoms. The second-order valence-corrected chi connectivity index (χ2v) is 4.17. The molecular weight excluding hydrogens is 252 g/mol. The number of nitrogens with zero attached hydrogens (tertiary/aromatic N) is 2. The average molecular weight is 267 g/mol. The Bertz CT molecular complexity index is 485. The van der Waals surface area contributed by atoms with Crippen LogP contribution in [0.25, 0.3) is 5.69 Å². The summed E-state index contributed by atoms with van der Waals surface area (Å²) in [6.07, 6.45) is 0.904. The predicted molar refractivity (Wildman–Crippen MR) is 67.3 cm³/mol. The van der Waals surface area contributed by atoms with E-state index in [1.165, 1.54) is 0 Å². The number of hydrogen-bond acceptors (Lipinski definition) is 3. The Morgan fingerprint density at radius 3 is 2.58 bits per heavy atom. The Balaban J connectivity index is 1.86. The fourth-order valence-electron chi connectivity index (χ4n) is 1.65. The van der Waals surface area contributed by atoms with E-state index < -0.39 is 12.5 Å². The van der Waals surface area contributed by atoms with Crippen molar-refractivity contribution in [3.05, 3.63) is 48.5 Å². The third-order valence-corrected chi connectivity index (χ3v) is 2.71. The molecule has 102 valence electrons. The van der Waals surface area contributed by atoms with Gasteiger partial charge in [0.2, 0.25) is 0 Å². The molecule has 1 unspecified atom stereocenters. The van der Waals surface area contributed by atoms with Gasteiger partial charge in [-0.1, -0.05) is 12.1 Å². The number of aliphatic hydroxyl groups is 1. The topological polar surface area (TPSA) is 50.1 Å². The molecule has 0 aliphatic carbocycles. The highest BCUT2D eigenvalue weighted by molar-refractivity contribution is 5.34. The summed E-state index contributed by atoms with van der Waals surface area (Å²) in [6, 6.07) is 7.64. The van der Waals surface area contributed by atoms with Gasteiger partial charge in [-0.3, -0.25) is 0 Å². The van der Waals surface area contributed by atoms with E-state index >= 15 is 0 Å². The molecule has 2 rings (SSSR count). The van der Waals surface area contributed by atoms with Crippen LogP contribution in [0.1, 0.15) is 5.56 Å². The molecule has 6 heteroatoms. The summed E-state index contributed by atoms with van der Waals surface area (Å²) in [5.74, 6) is 0. The molecule has 0 aliphatic heterocycles. The van der Waals surface area contributed by atoms with E-state index in [-0.39, 0.29) is 6.54 Å². The van der Waals surface area contributed by atoms with Gasteiger partial charge in [0, 0.05) is 31.2 Å². The van der Waals surface area contributed by atoms with Gasteiger partial charge in [0.15, 0.2) is 0 Å². The molecule has 0 amide bonds. The highest BCUT2D eigenvalue weighted by atomic mass is 19.3. The number of alkyl halides is 2. The van der Waals surface area contributed by atoms with E-state index in [4.69, 9.17) is 5.11 Å². The number of nitrogens with one attached hydrogen (secondary N) is 1. The van der Waals surface area contributed by atoms with E-state index in [0.29, 0.717) is 6.54 Å². The summed E-state index contributed by atoms with van der Waals surface area (Å²) in [7, 11) is 0. The van der Waals surface area contributed by atoms with Crippen molar-refractivity contribution in [3.8, 4) is 5.69 Å². The zero-order valence-electron chi connectivity index (χ0n) is 10.2. The standard InChI is InChI=1S/C13H15F2N3O/c14-13(15)12(19)8-17-7-10-1-3-11(4-2-10)18-6-5-16-9-18/h1-6,9,12-13,17,19H,7-8H2. The van der Waals surface area contributed by atoms with Gasteiger partial charge in [0.25, 0.3) is 6.43 Å². The van der Waals surface area contributed by atoms with Gasteiger partial charge >= 0.3 is 0 Å². The zero-order valence-corrected chi connectivity index (χ0v) is 10.2. The molecule has 0 spiro atoms.